The van der Waals surface area contributed by atoms with Gasteiger partial charge in [-0.05, 0) is 24.6 Å². The molecule has 3 amide bonds. The molecule has 0 unspecified atom stereocenters. The molecule has 0 aliphatic carbocycles. The highest BCUT2D eigenvalue weighted by atomic mass is 16.2. The summed E-state index contributed by atoms with van der Waals surface area (Å²) in [5.74, 6) is -0.519. The van der Waals surface area contributed by atoms with Gasteiger partial charge in [0.25, 0.3) is 0 Å². The van der Waals surface area contributed by atoms with E-state index in [4.69, 9.17) is 0 Å². The number of nitrogens with one attached hydrogen (secondary N) is 1. The van der Waals surface area contributed by atoms with Crippen molar-refractivity contribution < 1.29 is 14.4 Å². The first-order chi connectivity index (χ1) is 10.1. The molecule has 1 aromatic rings. The van der Waals surface area contributed by atoms with Crippen molar-refractivity contribution in [2.75, 3.05) is 31.5 Å². The summed E-state index contributed by atoms with van der Waals surface area (Å²) in [6, 6.07) is 7.43. The standard InChI is InChI=1S/C15H19N3O3/c1-12-3-2-4-13(9-12)16-14(20)10-15(21)18-7-5-17(11-19)6-8-18/h2-4,9,11H,5-8,10H2,1H3,(H,16,20). The van der Waals surface area contributed by atoms with E-state index in [-0.39, 0.29) is 18.2 Å². The van der Waals surface area contributed by atoms with Gasteiger partial charge in [0, 0.05) is 31.9 Å². The highest BCUT2D eigenvalue weighted by Gasteiger charge is 2.21. The highest BCUT2D eigenvalue weighted by molar-refractivity contribution is 6.03. The number of amides is 3. The maximum atomic E-state index is 12.0. The van der Waals surface area contributed by atoms with E-state index < -0.39 is 0 Å². The Bertz CT molecular complexity index is 537. The van der Waals surface area contributed by atoms with Gasteiger partial charge in [-0.3, -0.25) is 14.4 Å². The van der Waals surface area contributed by atoms with E-state index in [9.17, 15) is 14.4 Å². The predicted molar refractivity (Wildman–Crippen MR) is 78.6 cm³/mol. The molecule has 112 valence electrons. The topological polar surface area (TPSA) is 69.7 Å². The molecule has 0 bridgehead atoms. The molecule has 1 saturated heterocycles. The van der Waals surface area contributed by atoms with Gasteiger partial charge in [-0.25, -0.2) is 0 Å². The van der Waals surface area contributed by atoms with Gasteiger partial charge in [-0.1, -0.05) is 12.1 Å². The predicted octanol–water partition coefficient (Wildman–Crippen LogP) is 0.624. The second-order valence-corrected chi connectivity index (χ2v) is 5.12. The van der Waals surface area contributed by atoms with Crippen molar-refractivity contribution >= 4 is 23.9 Å². The van der Waals surface area contributed by atoms with Crippen LogP contribution in [-0.4, -0.2) is 54.2 Å². The summed E-state index contributed by atoms with van der Waals surface area (Å²) in [5, 5.41) is 2.72. The fraction of sp³-hybridized carbons (Fsp3) is 0.400. The molecular weight excluding hydrogens is 270 g/mol. The lowest BCUT2D eigenvalue weighted by Crippen LogP contribution is -2.48. The zero-order valence-corrected chi connectivity index (χ0v) is 12.0. The number of piperazine rings is 1. The molecule has 1 aliphatic rings. The van der Waals surface area contributed by atoms with Crippen molar-refractivity contribution in [3.8, 4) is 0 Å². The molecule has 21 heavy (non-hydrogen) atoms. The second-order valence-electron chi connectivity index (χ2n) is 5.12. The van der Waals surface area contributed by atoms with Gasteiger partial charge in [-0.15, -0.1) is 0 Å². The second kappa shape index (κ2) is 6.88. The van der Waals surface area contributed by atoms with E-state index >= 15 is 0 Å². The Morgan fingerprint density at radius 2 is 1.95 bits per heavy atom. The van der Waals surface area contributed by atoms with E-state index in [1.807, 2.05) is 25.1 Å². The minimum Gasteiger partial charge on any atom is -0.342 e. The fourth-order valence-electron chi connectivity index (χ4n) is 2.25. The first-order valence-corrected chi connectivity index (χ1v) is 6.92. The maximum absolute atomic E-state index is 12.0. The van der Waals surface area contributed by atoms with Crippen LogP contribution >= 0.6 is 0 Å². The molecule has 1 N–H and O–H groups in total. The molecule has 0 saturated carbocycles. The summed E-state index contributed by atoms with van der Waals surface area (Å²) >= 11 is 0. The number of carbonyl (C=O) groups excluding carboxylic acids is 3. The lowest BCUT2D eigenvalue weighted by Gasteiger charge is -2.32. The van der Waals surface area contributed by atoms with Crippen LogP contribution in [0.1, 0.15) is 12.0 Å². The summed E-state index contributed by atoms with van der Waals surface area (Å²) in [6.07, 6.45) is 0.612. The van der Waals surface area contributed by atoms with E-state index in [1.54, 1.807) is 15.9 Å². The van der Waals surface area contributed by atoms with Gasteiger partial charge in [0.2, 0.25) is 18.2 Å². The molecule has 6 nitrogen and oxygen atoms in total. The summed E-state index contributed by atoms with van der Waals surface area (Å²) < 4.78 is 0. The molecule has 2 rings (SSSR count). The Balaban J connectivity index is 1.82. The van der Waals surface area contributed by atoms with E-state index in [0.717, 1.165) is 12.0 Å². The van der Waals surface area contributed by atoms with Crippen molar-refractivity contribution in [1.29, 1.82) is 0 Å². The van der Waals surface area contributed by atoms with Crippen molar-refractivity contribution in [1.82, 2.24) is 9.80 Å². The van der Waals surface area contributed by atoms with E-state index in [1.165, 1.54) is 0 Å². The van der Waals surface area contributed by atoms with Crippen molar-refractivity contribution in [3.63, 3.8) is 0 Å². The fourth-order valence-corrected chi connectivity index (χ4v) is 2.25. The molecule has 1 aromatic carbocycles. The quantitative estimate of drug-likeness (QED) is 0.652. The van der Waals surface area contributed by atoms with E-state index in [2.05, 4.69) is 5.32 Å². The average Bonchev–Trinajstić information content (AvgIpc) is 2.47. The van der Waals surface area contributed by atoms with Crippen LogP contribution in [-0.2, 0) is 14.4 Å². The zero-order valence-electron chi connectivity index (χ0n) is 12.0. The number of benzene rings is 1. The molecule has 6 heteroatoms. The highest BCUT2D eigenvalue weighted by Crippen LogP contribution is 2.10. The molecule has 0 aromatic heterocycles. The van der Waals surface area contributed by atoms with Crippen LogP contribution in [0.3, 0.4) is 0 Å². The minimum atomic E-state index is -0.316. The first-order valence-electron chi connectivity index (χ1n) is 6.92. The third-order valence-electron chi connectivity index (χ3n) is 3.43. The van der Waals surface area contributed by atoms with Gasteiger partial charge >= 0.3 is 0 Å². The largest absolute Gasteiger partial charge is 0.342 e. The van der Waals surface area contributed by atoms with E-state index in [0.29, 0.717) is 31.9 Å². The smallest absolute Gasteiger partial charge is 0.233 e. The lowest BCUT2D eigenvalue weighted by molar-refractivity contribution is -0.137. The Kier molecular flexibility index (Phi) is 4.92. The van der Waals surface area contributed by atoms with Crippen molar-refractivity contribution in [3.05, 3.63) is 29.8 Å². The molecular formula is C15H19N3O3. The molecule has 1 fully saturated rings. The Labute approximate surface area is 123 Å². The number of carbonyl (C=O) groups is 3. The summed E-state index contributed by atoms with van der Waals surface area (Å²) in [5.41, 5.74) is 1.74. The SMILES string of the molecule is Cc1cccc(NC(=O)CC(=O)N2CCN(C=O)CC2)c1. The van der Waals surface area contributed by atoms with Gasteiger partial charge in [-0.2, -0.15) is 0 Å². The molecule has 0 radical (unpaired) electrons. The number of nitrogens with zero attached hydrogens (tertiary/aromatic N) is 2. The van der Waals surface area contributed by atoms with Crippen molar-refractivity contribution in [2.24, 2.45) is 0 Å². The van der Waals surface area contributed by atoms with Gasteiger partial charge in [0.05, 0.1) is 0 Å². The Hall–Kier alpha value is -2.37. The van der Waals surface area contributed by atoms with Gasteiger partial charge in [0.1, 0.15) is 6.42 Å². The van der Waals surface area contributed by atoms with Gasteiger partial charge in [0.15, 0.2) is 0 Å². The summed E-state index contributed by atoms with van der Waals surface area (Å²) in [4.78, 5) is 37.7. The number of anilines is 1. The lowest BCUT2D eigenvalue weighted by atomic mass is 10.2. The number of hydrogen-bond acceptors (Lipinski definition) is 3. The zero-order chi connectivity index (χ0) is 15.2. The van der Waals surface area contributed by atoms with Crippen LogP contribution in [0.2, 0.25) is 0 Å². The minimum absolute atomic E-state index is 0.172. The third-order valence-corrected chi connectivity index (χ3v) is 3.43. The van der Waals surface area contributed by atoms with Crippen LogP contribution < -0.4 is 5.32 Å². The van der Waals surface area contributed by atoms with Crippen molar-refractivity contribution in [2.45, 2.75) is 13.3 Å². The first kappa shape index (κ1) is 15.0. The summed E-state index contributed by atoms with van der Waals surface area (Å²) in [6.45, 7) is 3.95. The monoisotopic (exact) mass is 289 g/mol. The maximum Gasteiger partial charge on any atom is 0.233 e. The number of rotatable bonds is 4. The average molecular weight is 289 g/mol. The number of hydrogen-bond donors (Lipinski definition) is 1. The normalized spacial score (nSPS) is 14.7. The Morgan fingerprint density at radius 3 is 2.57 bits per heavy atom. The molecule has 1 heterocycles. The van der Waals surface area contributed by atoms with Crippen LogP contribution in [0.25, 0.3) is 0 Å². The molecule has 0 atom stereocenters. The third kappa shape index (κ3) is 4.30. The van der Waals surface area contributed by atoms with Crippen LogP contribution in [0.5, 0.6) is 0 Å². The number of aryl methyl sites for hydroxylation is 1. The van der Waals surface area contributed by atoms with Gasteiger partial charge < -0.3 is 15.1 Å². The Morgan fingerprint density at radius 1 is 1.24 bits per heavy atom. The van der Waals surface area contributed by atoms with Crippen LogP contribution in [0.15, 0.2) is 24.3 Å². The summed E-state index contributed by atoms with van der Waals surface area (Å²) in [7, 11) is 0. The molecule has 0 spiro atoms. The van der Waals surface area contributed by atoms with Crippen LogP contribution in [0, 0.1) is 6.92 Å². The molecule has 1 aliphatic heterocycles. The van der Waals surface area contributed by atoms with Crippen LogP contribution in [0.4, 0.5) is 5.69 Å².